The largest absolute Gasteiger partial charge is 0.484 e. The van der Waals surface area contributed by atoms with Crippen LogP contribution in [0.25, 0.3) is 0 Å². The molecule has 0 radical (unpaired) electrons. The molecule has 0 spiro atoms. The average Bonchev–Trinajstić information content (AvgIpc) is 2.98. The Morgan fingerprint density at radius 2 is 1.61 bits per heavy atom. The molecule has 0 unspecified atom stereocenters. The normalized spacial score (nSPS) is 14.3. The molecule has 3 amide bonds. The number of ether oxygens (including phenoxy) is 1. The zero-order valence-corrected chi connectivity index (χ0v) is 14.5. The van der Waals surface area contributed by atoms with Crippen LogP contribution in [0, 0.1) is 0 Å². The summed E-state index contributed by atoms with van der Waals surface area (Å²) in [6, 6.07) is 10.3. The minimum atomic E-state index is -4.45. The first-order valence-electron chi connectivity index (χ1n) is 8.30. The average molecular weight is 392 g/mol. The Hall–Kier alpha value is -3.36. The first kappa shape index (κ1) is 19.4. The number of anilines is 2. The number of nitrogens with zero attached hydrogens (tertiary/aromatic N) is 1. The first-order valence-corrected chi connectivity index (χ1v) is 8.30. The number of carbonyl (C=O) groups is 3. The Kier molecular flexibility index (Phi) is 5.34. The Morgan fingerprint density at radius 1 is 1.00 bits per heavy atom. The van der Waals surface area contributed by atoms with Crippen LogP contribution in [0.2, 0.25) is 0 Å². The van der Waals surface area contributed by atoms with Gasteiger partial charge in [-0.2, -0.15) is 13.2 Å². The van der Waals surface area contributed by atoms with Gasteiger partial charge < -0.3 is 10.1 Å². The summed E-state index contributed by atoms with van der Waals surface area (Å²) in [6.07, 6.45) is -4.24. The summed E-state index contributed by atoms with van der Waals surface area (Å²) in [5, 5.41) is 2.54. The molecule has 146 valence electrons. The molecular formula is C19H15F3N2O4. The van der Waals surface area contributed by atoms with Gasteiger partial charge in [-0.1, -0.05) is 12.1 Å². The number of alkyl halides is 3. The monoisotopic (exact) mass is 392 g/mol. The maximum Gasteiger partial charge on any atom is 0.416 e. The van der Waals surface area contributed by atoms with Gasteiger partial charge in [0, 0.05) is 12.8 Å². The van der Waals surface area contributed by atoms with Crippen molar-refractivity contribution >= 4 is 29.1 Å². The maximum atomic E-state index is 12.5. The van der Waals surface area contributed by atoms with E-state index in [2.05, 4.69) is 5.32 Å². The number of hydrogen-bond acceptors (Lipinski definition) is 4. The highest BCUT2D eigenvalue weighted by molar-refractivity contribution is 6.21. The Labute approximate surface area is 157 Å². The van der Waals surface area contributed by atoms with Crippen LogP contribution in [-0.4, -0.2) is 24.3 Å². The Morgan fingerprint density at radius 3 is 2.21 bits per heavy atom. The van der Waals surface area contributed by atoms with Crippen molar-refractivity contribution in [3.8, 4) is 5.75 Å². The van der Waals surface area contributed by atoms with E-state index >= 15 is 0 Å². The van der Waals surface area contributed by atoms with Crippen LogP contribution in [0.4, 0.5) is 24.5 Å². The second-order valence-electron chi connectivity index (χ2n) is 6.00. The number of rotatable bonds is 5. The predicted octanol–water partition coefficient (Wildman–Crippen LogP) is 3.38. The zero-order valence-electron chi connectivity index (χ0n) is 14.5. The second kappa shape index (κ2) is 7.71. The van der Waals surface area contributed by atoms with E-state index in [9.17, 15) is 27.6 Å². The van der Waals surface area contributed by atoms with Gasteiger partial charge in [0.1, 0.15) is 5.75 Å². The fourth-order valence-electron chi connectivity index (χ4n) is 2.69. The maximum absolute atomic E-state index is 12.5. The predicted molar refractivity (Wildman–Crippen MR) is 93.7 cm³/mol. The van der Waals surface area contributed by atoms with Crippen LogP contribution in [0.3, 0.4) is 0 Å². The van der Waals surface area contributed by atoms with Crippen molar-refractivity contribution in [2.45, 2.75) is 19.0 Å². The second-order valence-corrected chi connectivity index (χ2v) is 6.00. The van der Waals surface area contributed by atoms with Crippen molar-refractivity contribution in [1.82, 2.24) is 0 Å². The molecule has 6 nitrogen and oxygen atoms in total. The van der Waals surface area contributed by atoms with Gasteiger partial charge in [-0.15, -0.1) is 0 Å². The first-order chi connectivity index (χ1) is 13.3. The summed E-state index contributed by atoms with van der Waals surface area (Å²) >= 11 is 0. The third-order valence-corrected chi connectivity index (χ3v) is 4.02. The van der Waals surface area contributed by atoms with E-state index in [-0.39, 0.29) is 41.8 Å². The van der Waals surface area contributed by atoms with Crippen molar-refractivity contribution in [3.05, 3.63) is 54.1 Å². The van der Waals surface area contributed by atoms with Crippen LogP contribution >= 0.6 is 0 Å². The van der Waals surface area contributed by atoms with Crippen molar-refractivity contribution in [2.75, 3.05) is 16.8 Å². The fraction of sp³-hybridized carbons (Fsp3) is 0.211. The van der Waals surface area contributed by atoms with Gasteiger partial charge in [0.25, 0.3) is 5.91 Å². The van der Waals surface area contributed by atoms with Crippen LogP contribution in [-0.2, 0) is 20.6 Å². The molecule has 0 aromatic heterocycles. The van der Waals surface area contributed by atoms with Gasteiger partial charge in [0.15, 0.2) is 6.61 Å². The van der Waals surface area contributed by atoms with E-state index in [1.807, 2.05) is 0 Å². The SMILES string of the molecule is O=C(COc1ccc(C(F)(F)F)cc1)Nc1ccccc1N1C(=O)CCC1=O. The highest BCUT2D eigenvalue weighted by Crippen LogP contribution is 2.31. The lowest BCUT2D eigenvalue weighted by Crippen LogP contribution is -2.30. The van der Waals surface area contributed by atoms with Crippen LogP contribution in [0.15, 0.2) is 48.5 Å². The lowest BCUT2D eigenvalue weighted by molar-refractivity contribution is -0.137. The molecule has 1 aliphatic heterocycles. The van der Waals surface area contributed by atoms with Gasteiger partial charge in [-0.25, -0.2) is 4.90 Å². The highest BCUT2D eigenvalue weighted by atomic mass is 19.4. The molecule has 0 aliphatic carbocycles. The van der Waals surface area contributed by atoms with E-state index < -0.39 is 24.3 Å². The van der Waals surface area contributed by atoms with Gasteiger partial charge >= 0.3 is 6.18 Å². The molecule has 0 saturated carbocycles. The minimum absolute atomic E-state index is 0.0985. The van der Waals surface area contributed by atoms with Crippen LogP contribution in [0.1, 0.15) is 18.4 Å². The third kappa shape index (κ3) is 4.30. The number of imide groups is 1. The molecule has 9 heteroatoms. The van der Waals surface area contributed by atoms with Crippen LogP contribution < -0.4 is 15.0 Å². The van der Waals surface area contributed by atoms with Gasteiger partial charge in [-0.3, -0.25) is 14.4 Å². The molecule has 2 aromatic rings. The van der Waals surface area contributed by atoms with Gasteiger partial charge in [0.05, 0.1) is 16.9 Å². The smallest absolute Gasteiger partial charge is 0.416 e. The summed E-state index contributed by atoms with van der Waals surface area (Å²) in [5.74, 6) is -1.20. The molecule has 1 N–H and O–H groups in total. The number of benzene rings is 2. The number of nitrogens with one attached hydrogen (secondary N) is 1. The molecule has 0 atom stereocenters. The third-order valence-electron chi connectivity index (χ3n) is 4.02. The summed E-state index contributed by atoms with van der Waals surface area (Å²) < 4.78 is 42.8. The van der Waals surface area contributed by atoms with Gasteiger partial charge in [-0.05, 0) is 36.4 Å². The van der Waals surface area contributed by atoms with Crippen molar-refractivity contribution in [3.63, 3.8) is 0 Å². The van der Waals surface area contributed by atoms with E-state index in [4.69, 9.17) is 4.74 Å². The zero-order chi connectivity index (χ0) is 20.3. The van der Waals surface area contributed by atoms with Crippen LogP contribution in [0.5, 0.6) is 5.75 Å². The molecule has 3 rings (SSSR count). The van der Waals surface area contributed by atoms with E-state index in [0.717, 1.165) is 29.2 Å². The Balaban J connectivity index is 1.64. The van der Waals surface area contributed by atoms with Crippen molar-refractivity contribution < 1.29 is 32.3 Å². The molecule has 1 fully saturated rings. The molecule has 1 saturated heterocycles. The number of amides is 3. The highest BCUT2D eigenvalue weighted by Gasteiger charge is 2.32. The molecule has 2 aromatic carbocycles. The summed E-state index contributed by atoms with van der Waals surface area (Å²) in [5.41, 5.74) is -0.303. The topological polar surface area (TPSA) is 75.7 Å². The number of halogens is 3. The van der Waals surface area contributed by atoms with Crippen molar-refractivity contribution in [2.24, 2.45) is 0 Å². The van der Waals surface area contributed by atoms with Gasteiger partial charge in [0.2, 0.25) is 11.8 Å². The molecular weight excluding hydrogens is 377 g/mol. The molecule has 1 aliphatic rings. The summed E-state index contributed by atoms with van der Waals surface area (Å²) in [4.78, 5) is 37.0. The standard InChI is InChI=1S/C19H15F3N2O4/c20-19(21,22)12-5-7-13(8-6-12)28-11-16(25)23-14-3-1-2-4-15(14)24-17(26)9-10-18(24)27/h1-8H,9-11H2,(H,23,25). The minimum Gasteiger partial charge on any atom is -0.484 e. The molecule has 0 bridgehead atoms. The Bertz CT molecular complexity index is 894. The molecule has 28 heavy (non-hydrogen) atoms. The van der Waals surface area contributed by atoms with E-state index in [0.29, 0.717) is 0 Å². The van der Waals surface area contributed by atoms with E-state index in [1.165, 1.54) is 12.1 Å². The fourth-order valence-corrected chi connectivity index (χ4v) is 2.69. The lowest BCUT2D eigenvalue weighted by atomic mass is 10.2. The molecule has 1 heterocycles. The summed E-state index contributed by atoms with van der Waals surface area (Å²) in [7, 11) is 0. The number of hydrogen-bond donors (Lipinski definition) is 1. The van der Waals surface area contributed by atoms with E-state index in [1.54, 1.807) is 12.1 Å². The number of para-hydroxylation sites is 2. The quantitative estimate of drug-likeness (QED) is 0.792. The number of carbonyl (C=O) groups excluding carboxylic acids is 3. The lowest BCUT2D eigenvalue weighted by Gasteiger charge is -2.18. The summed E-state index contributed by atoms with van der Waals surface area (Å²) in [6.45, 7) is -0.457. The van der Waals surface area contributed by atoms with Crippen molar-refractivity contribution in [1.29, 1.82) is 0 Å².